The molecule has 0 heterocycles. The average molecular weight is 377 g/mol. The van der Waals surface area contributed by atoms with E-state index in [1.807, 2.05) is 6.07 Å². The Morgan fingerprint density at radius 2 is 2.07 bits per heavy atom. The molecule has 0 amide bonds. The molecule has 5 heteroatoms. The van der Waals surface area contributed by atoms with Gasteiger partial charge in [0.15, 0.2) is 6.61 Å². The molecule has 78 valence electrons. The van der Waals surface area contributed by atoms with Crippen molar-refractivity contribution in [1.82, 2.24) is 0 Å². The molecule has 0 fully saturated rings. The molecule has 1 aromatic carbocycles. The lowest BCUT2D eigenvalue weighted by Crippen LogP contribution is -2.20. The lowest BCUT2D eigenvalue weighted by atomic mass is 10.3. The van der Waals surface area contributed by atoms with Crippen LogP contribution in [0.3, 0.4) is 0 Å². The summed E-state index contributed by atoms with van der Waals surface area (Å²) in [6.07, 6.45) is 0. The summed E-state index contributed by atoms with van der Waals surface area (Å²) < 4.78 is 31.6. The Hall–Kier alpha value is 0.0900. The number of ether oxygens (including phenoxy) is 1. The van der Waals surface area contributed by atoms with Gasteiger partial charge in [-0.2, -0.15) is 0 Å². The molecule has 0 aliphatic carbocycles. The van der Waals surface area contributed by atoms with Gasteiger partial charge in [0, 0.05) is 15.0 Å². The Kier molecular flexibility index (Phi) is 4.12. The predicted octanol–water partition coefficient (Wildman–Crippen LogP) is 4.09. The molecule has 0 atom stereocenters. The minimum absolute atomic E-state index is 0.449. The van der Waals surface area contributed by atoms with Gasteiger partial charge in [0.2, 0.25) is 0 Å². The van der Waals surface area contributed by atoms with Gasteiger partial charge < -0.3 is 4.74 Å². The van der Waals surface area contributed by atoms with Gasteiger partial charge in [0.1, 0.15) is 5.75 Å². The second kappa shape index (κ2) is 4.74. The van der Waals surface area contributed by atoms with Gasteiger partial charge in [-0.15, -0.1) is 0 Å². The van der Waals surface area contributed by atoms with Crippen molar-refractivity contribution >= 4 is 38.5 Å². The van der Waals surface area contributed by atoms with Gasteiger partial charge in [-0.05, 0) is 40.8 Å². The van der Waals surface area contributed by atoms with Crippen LogP contribution >= 0.6 is 38.5 Å². The van der Waals surface area contributed by atoms with E-state index in [9.17, 15) is 8.78 Å². The summed E-state index contributed by atoms with van der Waals surface area (Å²) >= 11 is 5.36. The lowest BCUT2D eigenvalue weighted by molar-refractivity contribution is -0.0229. The van der Waals surface area contributed by atoms with Crippen LogP contribution in [0.1, 0.15) is 6.92 Å². The van der Waals surface area contributed by atoms with Crippen LogP contribution in [0.25, 0.3) is 0 Å². The van der Waals surface area contributed by atoms with E-state index in [4.69, 9.17) is 4.74 Å². The van der Waals surface area contributed by atoms with Crippen LogP contribution in [0, 0.1) is 3.57 Å². The highest BCUT2D eigenvalue weighted by Crippen LogP contribution is 2.24. The topological polar surface area (TPSA) is 9.23 Å². The lowest BCUT2D eigenvalue weighted by Gasteiger charge is -2.12. The smallest absolute Gasteiger partial charge is 0.278 e. The Bertz CT molecular complexity index is 305. The number of benzene rings is 1. The molecule has 0 aromatic heterocycles. The molecule has 0 spiro atoms. The highest BCUT2D eigenvalue weighted by Gasteiger charge is 2.22. The molecule has 0 aliphatic rings. The van der Waals surface area contributed by atoms with E-state index < -0.39 is 12.5 Å². The van der Waals surface area contributed by atoms with Crippen LogP contribution in [-0.2, 0) is 0 Å². The maximum absolute atomic E-state index is 12.5. The second-order valence-corrected chi connectivity index (χ2v) is 5.13. The van der Waals surface area contributed by atoms with Crippen molar-refractivity contribution in [3.63, 3.8) is 0 Å². The van der Waals surface area contributed by atoms with Crippen LogP contribution in [0.15, 0.2) is 22.7 Å². The van der Waals surface area contributed by atoms with Crippen LogP contribution in [0.2, 0.25) is 0 Å². The molecule has 1 aromatic rings. The normalized spacial score (nSPS) is 11.5. The third kappa shape index (κ3) is 4.54. The number of hydrogen-bond acceptors (Lipinski definition) is 1. The van der Waals surface area contributed by atoms with E-state index in [0.29, 0.717) is 5.75 Å². The molecular formula is C9H8BrF2IO. The van der Waals surface area contributed by atoms with Gasteiger partial charge >= 0.3 is 0 Å². The van der Waals surface area contributed by atoms with E-state index in [1.165, 1.54) is 0 Å². The van der Waals surface area contributed by atoms with E-state index in [-0.39, 0.29) is 0 Å². The van der Waals surface area contributed by atoms with Crippen molar-refractivity contribution in [2.45, 2.75) is 12.8 Å². The molecule has 14 heavy (non-hydrogen) atoms. The van der Waals surface area contributed by atoms with Gasteiger partial charge in [0.25, 0.3) is 5.92 Å². The molecule has 1 nitrogen and oxygen atoms in total. The molecule has 0 aliphatic heterocycles. The summed E-state index contributed by atoms with van der Waals surface area (Å²) in [5.74, 6) is -2.35. The summed E-state index contributed by atoms with van der Waals surface area (Å²) in [7, 11) is 0. The van der Waals surface area contributed by atoms with Crippen molar-refractivity contribution in [3.8, 4) is 5.75 Å². The van der Waals surface area contributed by atoms with E-state index in [1.54, 1.807) is 12.1 Å². The minimum atomic E-state index is -2.80. The summed E-state index contributed by atoms with van der Waals surface area (Å²) in [6.45, 7) is 0.232. The highest BCUT2D eigenvalue weighted by atomic mass is 127. The molecule has 0 radical (unpaired) electrons. The van der Waals surface area contributed by atoms with E-state index >= 15 is 0 Å². The van der Waals surface area contributed by atoms with Gasteiger partial charge in [-0.1, -0.05) is 15.9 Å². The molecule has 0 saturated carbocycles. The number of halogens is 4. The fraction of sp³-hybridized carbons (Fsp3) is 0.333. The number of rotatable bonds is 3. The Labute approximate surface area is 103 Å². The zero-order valence-electron chi connectivity index (χ0n) is 7.36. The first-order chi connectivity index (χ1) is 6.37. The van der Waals surface area contributed by atoms with Gasteiger partial charge in [0.05, 0.1) is 0 Å². The highest BCUT2D eigenvalue weighted by molar-refractivity contribution is 14.1. The molecule has 0 unspecified atom stereocenters. The first-order valence-electron chi connectivity index (χ1n) is 3.83. The van der Waals surface area contributed by atoms with Crippen LogP contribution < -0.4 is 4.74 Å². The third-order valence-electron chi connectivity index (χ3n) is 1.33. The molecular weight excluding hydrogens is 369 g/mol. The summed E-state index contributed by atoms with van der Waals surface area (Å²) in [5.41, 5.74) is 0. The van der Waals surface area contributed by atoms with Crippen molar-refractivity contribution < 1.29 is 13.5 Å². The summed E-state index contributed by atoms with van der Waals surface area (Å²) in [5, 5.41) is 0. The summed E-state index contributed by atoms with van der Waals surface area (Å²) in [4.78, 5) is 0. The quantitative estimate of drug-likeness (QED) is 0.722. The Morgan fingerprint density at radius 1 is 1.43 bits per heavy atom. The van der Waals surface area contributed by atoms with Gasteiger partial charge in [-0.25, -0.2) is 8.78 Å². The van der Waals surface area contributed by atoms with Crippen LogP contribution in [0.5, 0.6) is 5.75 Å². The van der Waals surface area contributed by atoms with E-state index in [0.717, 1.165) is 15.0 Å². The van der Waals surface area contributed by atoms with Crippen molar-refractivity contribution in [2.75, 3.05) is 6.61 Å². The Morgan fingerprint density at radius 3 is 2.57 bits per heavy atom. The minimum Gasteiger partial charge on any atom is -0.487 e. The standard InChI is InChI=1S/C9H8BrF2IO/c1-9(11,12)5-14-8-3-6(10)2-7(13)4-8/h2-4H,5H2,1H3. The van der Waals surface area contributed by atoms with Crippen molar-refractivity contribution in [1.29, 1.82) is 0 Å². The fourth-order valence-electron chi connectivity index (χ4n) is 0.822. The SMILES string of the molecule is CC(F)(F)COc1cc(Br)cc(I)c1. The largest absolute Gasteiger partial charge is 0.487 e. The monoisotopic (exact) mass is 376 g/mol. The van der Waals surface area contributed by atoms with Crippen molar-refractivity contribution in [2.24, 2.45) is 0 Å². The first-order valence-corrected chi connectivity index (χ1v) is 5.71. The number of alkyl halides is 2. The zero-order chi connectivity index (χ0) is 10.8. The second-order valence-electron chi connectivity index (χ2n) is 2.96. The van der Waals surface area contributed by atoms with Crippen LogP contribution in [0.4, 0.5) is 8.78 Å². The number of hydrogen-bond donors (Lipinski definition) is 0. The maximum Gasteiger partial charge on any atom is 0.278 e. The Balaban J connectivity index is 2.68. The van der Waals surface area contributed by atoms with Crippen LogP contribution in [-0.4, -0.2) is 12.5 Å². The van der Waals surface area contributed by atoms with Gasteiger partial charge in [-0.3, -0.25) is 0 Å². The first kappa shape index (κ1) is 12.2. The summed E-state index contributed by atoms with van der Waals surface area (Å²) in [6, 6.07) is 5.24. The van der Waals surface area contributed by atoms with E-state index in [2.05, 4.69) is 38.5 Å². The molecule has 1 rings (SSSR count). The van der Waals surface area contributed by atoms with Crippen molar-refractivity contribution in [3.05, 3.63) is 26.2 Å². The average Bonchev–Trinajstić information content (AvgIpc) is 1.97. The molecule has 0 bridgehead atoms. The third-order valence-corrected chi connectivity index (χ3v) is 2.41. The molecule has 0 saturated heterocycles. The predicted molar refractivity (Wildman–Crippen MR) is 63.0 cm³/mol. The maximum atomic E-state index is 12.5. The molecule has 0 N–H and O–H groups in total. The zero-order valence-corrected chi connectivity index (χ0v) is 11.1. The fourth-order valence-corrected chi connectivity index (χ4v) is 2.36.